The summed E-state index contributed by atoms with van der Waals surface area (Å²) in [6.07, 6.45) is 6.20. The monoisotopic (exact) mass is 334 g/mol. The smallest absolute Gasteiger partial charge is 0.136 e. The number of unbranched alkanes of at least 4 members (excludes halogenated alkanes) is 2. The lowest BCUT2D eigenvalue weighted by Crippen LogP contribution is -2.17. The van der Waals surface area contributed by atoms with Crippen LogP contribution in [-0.4, -0.2) is 19.6 Å². The van der Waals surface area contributed by atoms with Crippen LogP contribution in [0.4, 0.5) is 5.69 Å². The van der Waals surface area contributed by atoms with Crippen LogP contribution < -0.4 is 10.3 Å². The van der Waals surface area contributed by atoms with Gasteiger partial charge in [0.05, 0.1) is 5.36 Å². The average Bonchev–Trinajstić information content (AvgIpc) is 3.18. The van der Waals surface area contributed by atoms with Gasteiger partial charge in [0.1, 0.15) is 11.3 Å². The Kier molecular flexibility index (Phi) is 4.73. The van der Waals surface area contributed by atoms with E-state index in [0.29, 0.717) is 0 Å². The molecule has 1 fully saturated rings. The Labute approximate surface area is 149 Å². The highest BCUT2D eigenvalue weighted by molar-refractivity contribution is 5.85. The normalized spacial score (nSPS) is 15.6. The molecule has 0 amide bonds. The first-order valence-corrected chi connectivity index (χ1v) is 9.56. The molecule has 3 nitrogen and oxygen atoms in total. The Morgan fingerprint density at radius 1 is 1.00 bits per heavy atom. The quantitative estimate of drug-likeness (QED) is 0.472. The van der Waals surface area contributed by atoms with Gasteiger partial charge in [-0.3, -0.25) is 4.99 Å². The van der Waals surface area contributed by atoms with Crippen LogP contribution in [0.15, 0.2) is 51.9 Å². The fraction of sp³-hybridized carbons (Fsp3) is 0.409. The Hall–Kier alpha value is -2.29. The second-order valence-corrected chi connectivity index (χ2v) is 6.97. The van der Waals surface area contributed by atoms with Gasteiger partial charge in [-0.2, -0.15) is 0 Å². The molecular weight excluding hydrogens is 308 g/mol. The summed E-state index contributed by atoms with van der Waals surface area (Å²) >= 11 is 0. The van der Waals surface area contributed by atoms with Crippen molar-refractivity contribution in [2.24, 2.45) is 4.99 Å². The van der Waals surface area contributed by atoms with E-state index in [1.165, 1.54) is 31.4 Å². The molecule has 0 bridgehead atoms. The Bertz CT molecular complexity index is 890. The van der Waals surface area contributed by atoms with Gasteiger partial charge in [0.15, 0.2) is 0 Å². The van der Waals surface area contributed by atoms with E-state index < -0.39 is 0 Å². The van der Waals surface area contributed by atoms with Gasteiger partial charge in [-0.05, 0) is 49.6 Å². The summed E-state index contributed by atoms with van der Waals surface area (Å²) in [5, 5.41) is 2.17. The van der Waals surface area contributed by atoms with Crippen LogP contribution in [0.5, 0.6) is 0 Å². The van der Waals surface area contributed by atoms with E-state index in [-0.39, 0.29) is 0 Å². The maximum atomic E-state index is 6.23. The molecule has 0 atom stereocenters. The summed E-state index contributed by atoms with van der Waals surface area (Å²) < 4.78 is 6.23. The van der Waals surface area contributed by atoms with Crippen LogP contribution in [0.1, 0.15) is 39.0 Å². The molecule has 0 N–H and O–H groups in total. The van der Waals surface area contributed by atoms with Gasteiger partial charge in [0.25, 0.3) is 0 Å². The molecule has 3 heteroatoms. The molecule has 1 aliphatic carbocycles. The van der Waals surface area contributed by atoms with Gasteiger partial charge >= 0.3 is 0 Å². The zero-order valence-electron chi connectivity index (χ0n) is 15.0. The Morgan fingerprint density at radius 3 is 2.72 bits per heavy atom. The first kappa shape index (κ1) is 16.2. The number of rotatable bonds is 5. The minimum Gasteiger partial charge on any atom is -0.456 e. The number of hydrogen-bond acceptors (Lipinski definition) is 3. The number of fused-ring (bicyclic) bond motifs is 2. The van der Waals surface area contributed by atoms with Gasteiger partial charge in [-0.1, -0.05) is 19.8 Å². The van der Waals surface area contributed by atoms with Gasteiger partial charge in [0.2, 0.25) is 0 Å². The van der Waals surface area contributed by atoms with E-state index in [9.17, 15) is 0 Å². The van der Waals surface area contributed by atoms with Crippen LogP contribution in [-0.2, 0) is 0 Å². The average molecular weight is 334 g/mol. The maximum absolute atomic E-state index is 6.23. The highest BCUT2D eigenvalue weighted by Gasteiger charge is 2.14. The largest absolute Gasteiger partial charge is 0.456 e. The van der Waals surface area contributed by atoms with Crippen molar-refractivity contribution in [2.75, 3.05) is 24.5 Å². The predicted octanol–water partition coefficient (Wildman–Crippen LogP) is 5.23. The minimum absolute atomic E-state index is 0.895. The number of benzene rings is 2. The second kappa shape index (κ2) is 7.30. The molecule has 2 heterocycles. The molecule has 0 aromatic heterocycles. The van der Waals surface area contributed by atoms with E-state index in [0.717, 1.165) is 53.7 Å². The lowest BCUT2D eigenvalue weighted by molar-refractivity contribution is 0.618. The van der Waals surface area contributed by atoms with Crippen molar-refractivity contribution in [2.45, 2.75) is 39.0 Å². The van der Waals surface area contributed by atoms with Crippen molar-refractivity contribution in [3.8, 4) is 11.3 Å². The Balaban J connectivity index is 1.69. The second-order valence-electron chi connectivity index (χ2n) is 6.97. The fourth-order valence-corrected chi connectivity index (χ4v) is 3.59. The van der Waals surface area contributed by atoms with Crippen LogP contribution in [0.25, 0.3) is 22.3 Å². The van der Waals surface area contributed by atoms with Gasteiger partial charge in [-0.25, -0.2) is 0 Å². The highest BCUT2D eigenvalue weighted by atomic mass is 16.3. The number of nitrogens with zero attached hydrogens (tertiary/aromatic N) is 2. The third-order valence-corrected chi connectivity index (χ3v) is 5.05. The lowest BCUT2D eigenvalue weighted by Gasteiger charge is -2.18. The van der Waals surface area contributed by atoms with E-state index in [2.05, 4.69) is 59.3 Å². The molecule has 0 spiro atoms. The standard InChI is InChI=1S/C22H26N2O/c1-2-3-4-11-23-19-9-7-17-14-18-8-10-20(24-12-5-6-13-24)16-22(18)25-21(17)15-19/h7-10,14-16H,2-6,11-13H2,1H3. The van der Waals surface area contributed by atoms with Crippen LogP contribution >= 0.6 is 0 Å². The van der Waals surface area contributed by atoms with Crippen molar-refractivity contribution in [1.82, 2.24) is 0 Å². The van der Waals surface area contributed by atoms with E-state index >= 15 is 0 Å². The first-order chi connectivity index (χ1) is 12.3. The molecule has 130 valence electrons. The molecule has 0 radical (unpaired) electrons. The third-order valence-electron chi connectivity index (χ3n) is 5.05. The fourth-order valence-electron chi connectivity index (χ4n) is 3.59. The zero-order chi connectivity index (χ0) is 17.1. The van der Waals surface area contributed by atoms with E-state index in [1.54, 1.807) is 0 Å². The summed E-state index contributed by atoms with van der Waals surface area (Å²) in [4.78, 5) is 7.13. The summed E-state index contributed by atoms with van der Waals surface area (Å²) in [6, 6.07) is 15.1. The van der Waals surface area contributed by atoms with Crippen molar-refractivity contribution >= 4 is 16.7 Å². The molecule has 1 aromatic carbocycles. The molecule has 0 unspecified atom stereocenters. The van der Waals surface area contributed by atoms with Gasteiger partial charge in [0, 0.05) is 48.4 Å². The number of hydrogen-bond donors (Lipinski definition) is 0. The summed E-state index contributed by atoms with van der Waals surface area (Å²) in [7, 11) is 0. The lowest BCUT2D eigenvalue weighted by atomic mass is 10.1. The third kappa shape index (κ3) is 3.55. The van der Waals surface area contributed by atoms with E-state index in [1.807, 2.05) is 0 Å². The van der Waals surface area contributed by atoms with Crippen LogP contribution in [0.3, 0.4) is 0 Å². The molecular formula is C22H26N2O. The number of anilines is 1. The van der Waals surface area contributed by atoms with Crippen LogP contribution in [0.2, 0.25) is 0 Å². The molecule has 1 aromatic rings. The van der Waals surface area contributed by atoms with Crippen molar-refractivity contribution in [3.05, 3.63) is 47.8 Å². The minimum atomic E-state index is 0.895. The van der Waals surface area contributed by atoms with Gasteiger partial charge in [-0.15, -0.1) is 0 Å². The maximum Gasteiger partial charge on any atom is 0.136 e. The van der Waals surface area contributed by atoms with Crippen molar-refractivity contribution in [3.63, 3.8) is 0 Å². The Morgan fingerprint density at radius 2 is 1.88 bits per heavy atom. The molecule has 2 aliphatic heterocycles. The predicted molar refractivity (Wildman–Crippen MR) is 104 cm³/mol. The van der Waals surface area contributed by atoms with Crippen LogP contribution in [0, 0.1) is 0 Å². The SMILES string of the molecule is CCCCCN=c1ccc2cc3ccc(N4CCCC4)cc3oc-2c1. The molecule has 4 rings (SSSR count). The summed E-state index contributed by atoms with van der Waals surface area (Å²) in [5.74, 6) is 0.919. The zero-order valence-corrected chi connectivity index (χ0v) is 15.0. The van der Waals surface area contributed by atoms with Crippen molar-refractivity contribution < 1.29 is 4.42 Å². The first-order valence-electron chi connectivity index (χ1n) is 9.56. The van der Waals surface area contributed by atoms with Crippen molar-refractivity contribution in [1.29, 1.82) is 0 Å². The molecule has 0 saturated carbocycles. The van der Waals surface area contributed by atoms with E-state index in [4.69, 9.17) is 4.42 Å². The summed E-state index contributed by atoms with van der Waals surface area (Å²) in [5.41, 5.74) is 3.36. The van der Waals surface area contributed by atoms with Gasteiger partial charge < -0.3 is 9.32 Å². The highest BCUT2D eigenvalue weighted by Crippen LogP contribution is 2.30. The molecule has 3 aliphatic rings. The topological polar surface area (TPSA) is 28.7 Å². The summed E-state index contributed by atoms with van der Waals surface area (Å²) in [6.45, 7) is 5.42. The molecule has 1 saturated heterocycles. The molecule has 25 heavy (non-hydrogen) atoms.